The van der Waals surface area contributed by atoms with E-state index in [4.69, 9.17) is 9.47 Å². The predicted molar refractivity (Wildman–Crippen MR) is 113 cm³/mol. The van der Waals surface area contributed by atoms with Gasteiger partial charge in [-0.3, -0.25) is 9.59 Å². The molecule has 1 saturated heterocycles. The monoisotopic (exact) mass is 396 g/mol. The minimum atomic E-state index is -0.297. The summed E-state index contributed by atoms with van der Waals surface area (Å²) in [5.74, 6) is 0.838. The van der Waals surface area contributed by atoms with Gasteiger partial charge in [-0.15, -0.1) is 0 Å². The van der Waals surface area contributed by atoms with Crippen molar-refractivity contribution in [3.8, 4) is 11.5 Å². The molecule has 0 aliphatic carbocycles. The molecule has 2 amide bonds. The average molecular weight is 396 g/mol. The van der Waals surface area contributed by atoms with Gasteiger partial charge >= 0.3 is 0 Å². The van der Waals surface area contributed by atoms with E-state index < -0.39 is 0 Å². The number of ether oxygens (including phenoxy) is 2. The summed E-state index contributed by atoms with van der Waals surface area (Å²) < 4.78 is 10.5. The fraction of sp³-hybridized carbons (Fsp3) is 0.391. The molecule has 2 aromatic rings. The maximum Gasteiger partial charge on any atom is 0.255 e. The maximum absolute atomic E-state index is 13.0. The Hall–Kier alpha value is -3.02. The minimum absolute atomic E-state index is 0.00627. The Morgan fingerprint density at radius 1 is 1.07 bits per heavy atom. The number of rotatable bonds is 6. The number of anilines is 1. The molecule has 0 saturated carbocycles. The molecule has 1 fully saturated rings. The lowest BCUT2D eigenvalue weighted by Gasteiger charge is -2.35. The van der Waals surface area contributed by atoms with Gasteiger partial charge in [0.2, 0.25) is 0 Å². The third kappa shape index (κ3) is 4.70. The highest BCUT2D eigenvalue weighted by atomic mass is 16.5. The number of benzene rings is 2. The number of nitrogens with zero attached hydrogens (tertiary/aromatic N) is 1. The topological polar surface area (TPSA) is 67.9 Å². The highest BCUT2D eigenvalue weighted by molar-refractivity contribution is 6.06. The Morgan fingerprint density at radius 3 is 2.59 bits per heavy atom. The quantitative estimate of drug-likeness (QED) is 0.788. The lowest BCUT2D eigenvalue weighted by Crippen LogP contribution is -2.43. The van der Waals surface area contributed by atoms with Gasteiger partial charge in [0, 0.05) is 29.8 Å². The van der Waals surface area contributed by atoms with Crippen LogP contribution in [0.5, 0.6) is 11.5 Å². The molecule has 2 aromatic carbocycles. The van der Waals surface area contributed by atoms with E-state index in [2.05, 4.69) is 12.2 Å². The number of likely N-dealkylation sites (tertiary alicyclic amines) is 1. The number of amides is 2. The van der Waals surface area contributed by atoms with Crippen LogP contribution in [0.15, 0.2) is 42.5 Å². The van der Waals surface area contributed by atoms with Crippen molar-refractivity contribution in [3.63, 3.8) is 0 Å². The molecule has 1 N–H and O–H groups in total. The fourth-order valence-corrected chi connectivity index (χ4v) is 3.75. The van der Waals surface area contributed by atoms with Crippen molar-refractivity contribution in [3.05, 3.63) is 53.6 Å². The molecule has 154 valence electrons. The Labute approximate surface area is 171 Å². The van der Waals surface area contributed by atoms with Crippen molar-refractivity contribution in [2.75, 3.05) is 26.1 Å². The van der Waals surface area contributed by atoms with Crippen molar-refractivity contribution < 1.29 is 19.1 Å². The van der Waals surface area contributed by atoms with Gasteiger partial charge in [-0.2, -0.15) is 0 Å². The van der Waals surface area contributed by atoms with Gasteiger partial charge in [0.25, 0.3) is 11.8 Å². The largest absolute Gasteiger partial charge is 0.497 e. The molecule has 0 aromatic heterocycles. The Morgan fingerprint density at radius 2 is 1.86 bits per heavy atom. The van der Waals surface area contributed by atoms with Crippen LogP contribution < -0.4 is 14.8 Å². The van der Waals surface area contributed by atoms with Gasteiger partial charge in [0.05, 0.1) is 19.9 Å². The van der Waals surface area contributed by atoms with Crippen molar-refractivity contribution in [1.29, 1.82) is 0 Å². The van der Waals surface area contributed by atoms with E-state index >= 15 is 0 Å². The molecule has 1 aliphatic rings. The molecule has 6 nitrogen and oxygen atoms in total. The van der Waals surface area contributed by atoms with Gasteiger partial charge < -0.3 is 19.7 Å². The van der Waals surface area contributed by atoms with Crippen LogP contribution in [0.1, 0.15) is 53.3 Å². The number of piperidine rings is 1. The van der Waals surface area contributed by atoms with Crippen molar-refractivity contribution in [2.45, 2.75) is 38.6 Å². The normalized spacial score (nSPS) is 16.2. The second-order valence-corrected chi connectivity index (χ2v) is 7.16. The van der Waals surface area contributed by atoms with Crippen molar-refractivity contribution in [1.82, 2.24) is 4.90 Å². The molecular formula is C23H28N2O4. The zero-order valence-electron chi connectivity index (χ0n) is 17.2. The first-order valence-corrected chi connectivity index (χ1v) is 10.0. The van der Waals surface area contributed by atoms with Crippen LogP contribution in [0.4, 0.5) is 5.69 Å². The summed E-state index contributed by atoms with van der Waals surface area (Å²) in [5, 5.41) is 2.85. The third-order valence-corrected chi connectivity index (χ3v) is 5.39. The van der Waals surface area contributed by atoms with Gasteiger partial charge in [0.15, 0.2) is 0 Å². The van der Waals surface area contributed by atoms with Crippen molar-refractivity contribution in [2.24, 2.45) is 0 Å². The van der Waals surface area contributed by atoms with Gasteiger partial charge in [-0.1, -0.05) is 13.0 Å². The second-order valence-electron chi connectivity index (χ2n) is 7.16. The lowest BCUT2D eigenvalue weighted by atomic mass is 9.98. The molecule has 0 bridgehead atoms. The first kappa shape index (κ1) is 20.7. The highest BCUT2D eigenvalue weighted by Crippen LogP contribution is 2.29. The van der Waals surface area contributed by atoms with Crippen LogP contribution in [0.25, 0.3) is 0 Å². The summed E-state index contributed by atoms with van der Waals surface area (Å²) in [6.07, 6.45) is 4.18. The number of carbonyl (C=O) groups is 2. The first-order chi connectivity index (χ1) is 14.1. The third-order valence-electron chi connectivity index (χ3n) is 5.39. The van der Waals surface area contributed by atoms with Crippen LogP contribution in [0.3, 0.4) is 0 Å². The summed E-state index contributed by atoms with van der Waals surface area (Å²) in [5.41, 5.74) is 1.51. The van der Waals surface area contributed by atoms with Crippen LogP contribution in [-0.4, -0.2) is 43.5 Å². The smallest absolute Gasteiger partial charge is 0.255 e. The summed E-state index contributed by atoms with van der Waals surface area (Å²) >= 11 is 0. The highest BCUT2D eigenvalue weighted by Gasteiger charge is 2.26. The summed E-state index contributed by atoms with van der Waals surface area (Å²) in [6, 6.07) is 12.3. The summed E-state index contributed by atoms with van der Waals surface area (Å²) in [4.78, 5) is 27.8. The van der Waals surface area contributed by atoms with E-state index in [1.807, 2.05) is 4.90 Å². The zero-order valence-corrected chi connectivity index (χ0v) is 17.2. The Kier molecular flexibility index (Phi) is 6.75. The fourth-order valence-electron chi connectivity index (χ4n) is 3.75. The number of hydrogen-bond donors (Lipinski definition) is 1. The van der Waals surface area contributed by atoms with Crippen LogP contribution in [0.2, 0.25) is 0 Å². The molecule has 1 unspecified atom stereocenters. The van der Waals surface area contributed by atoms with Gasteiger partial charge in [-0.05, 0) is 56.0 Å². The van der Waals surface area contributed by atoms with E-state index in [0.29, 0.717) is 28.3 Å². The van der Waals surface area contributed by atoms with E-state index in [1.165, 1.54) is 7.11 Å². The van der Waals surface area contributed by atoms with Gasteiger partial charge in [0.1, 0.15) is 11.5 Å². The molecule has 1 atom stereocenters. The Bertz CT molecular complexity index is 881. The van der Waals surface area contributed by atoms with Gasteiger partial charge in [-0.25, -0.2) is 0 Å². The molecule has 3 rings (SSSR count). The molecule has 0 radical (unpaired) electrons. The molecule has 6 heteroatoms. The minimum Gasteiger partial charge on any atom is -0.497 e. The zero-order chi connectivity index (χ0) is 20.8. The summed E-state index contributed by atoms with van der Waals surface area (Å²) in [6.45, 7) is 2.89. The molecule has 29 heavy (non-hydrogen) atoms. The maximum atomic E-state index is 13.0. The SMILES string of the molecule is CCC1CCCCN1C(=O)c1cccc(C(=O)Nc2ccc(OC)cc2OC)c1. The number of hydrogen-bond acceptors (Lipinski definition) is 4. The van der Waals surface area contributed by atoms with E-state index in [-0.39, 0.29) is 17.9 Å². The Balaban J connectivity index is 1.78. The standard InChI is InChI=1S/C23H28N2O4/c1-4-18-10-5-6-13-25(18)23(27)17-9-7-8-16(14-17)22(26)24-20-12-11-19(28-2)15-21(20)29-3/h7-9,11-12,14-15,18H,4-6,10,13H2,1-3H3,(H,24,26). The molecule has 1 heterocycles. The average Bonchev–Trinajstić information content (AvgIpc) is 2.78. The lowest BCUT2D eigenvalue weighted by molar-refractivity contribution is 0.0608. The first-order valence-electron chi connectivity index (χ1n) is 10.0. The molecule has 0 spiro atoms. The van der Waals surface area contributed by atoms with Crippen LogP contribution in [-0.2, 0) is 0 Å². The number of nitrogens with one attached hydrogen (secondary N) is 1. The molecular weight excluding hydrogens is 368 g/mol. The van der Waals surface area contributed by atoms with Crippen LogP contribution in [0, 0.1) is 0 Å². The predicted octanol–water partition coefficient (Wildman–Crippen LogP) is 4.36. The van der Waals surface area contributed by atoms with Crippen molar-refractivity contribution >= 4 is 17.5 Å². The van der Waals surface area contributed by atoms with E-state index in [1.54, 1.807) is 49.6 Å². The van der Waals surface area contributed by atoms with Crippen LogP contribution >= 0.6 is 0 Å². The van der Waals surface area contributed by atoms with E-state index in [0.717, 1.165) is 32.2 Å². The number of carbonyl (C=O) groups excluding carboxylic acids is 2. The number of methoxy groups -OCH3 is 2. The summed E-state index contributed by atoms with van der Waals surface area (Å²) in [7, 11) is 3.10. The molecule has 1 aliphatic heterocycles. The van der Waals surface area contributed by atoms with E-state index in [9.17, 15) is 9.59 Å². The second kappa shape index (κ2) is 9.45.